The first-order chi connectivity index (χ1) is 11.0. The summed E-state index contributed by atoms with van der Waals surface area (Å²) < 4.78 is 37.0. The number of anilines is 1. The molecule has 23 heavy (non-hydrogen) atoms. The van der Waals surface area contributed by atoms with Crippen LogP contribution < -0.4 is 11.1 Å². The Hall–Kier alpha value is -3.23. The first kappa shape index (κ1) is 14.7. The lowest BCUT2D eigenvalue weighted by Crippen LogP contribution is -2.14. The van der Waals surface area contributed by atoms with E-state index < -0.39 is 23.1 Å². The van der Waals surface area contributed by atoms with Crippen LogP contribution in [0.5, 0.6) is 0 Å². The van der Waals surface area contributed by atoms with Crippen LogP contribution in [0.2, 0.25) is 0 Å². The second-order valence-corrected chi connectivity index (χ2v) is 4.55. The zero-order valence-electron chi connectivity index (χ0n) is 11.5. The molecule has 0 fully saturated rings. The van der Waals surface area contributed by atoms with E-state index in [4.69, 9.17) is 14.7 Å². The normalized spacial score (nSPS) is 10.7. The van der Waals surface area contributed by atoms with Crippen LogP contribution in [-0.4, -0.2) is 16.0 Å². The van der Waals surface area contributed by atoms with Gasteiger partial charge in [0.1, 0.15) is 17.9 Å². The summed E-state index contributed by atoms with van der Waals surface area (Å²) >= 11 is 0. The topological polar surface area (TPSA) is 107 Å². The largest absolute Gasteiger partial charge is 0.472 e. The number of hydrogen-bond donors (Lipinski definition) is 2. The van der Waals surface area contributed by atoms with Crippen LogP contribution in [0.4, 0.5) is 14.5 Å². The monoisotopic (exact) mass is 320 g/mol. The number of nitrogens with one attached hydrogen (secondary N) is 1. The predicted octanol–water partition coefficient (Wildman–Crippen LogP) is 2.32. The number of primary amides is 1. The molecular weight excluding hydrogens is 310 g/mol. The van der Waals surface area contributed by atoms with Gasteiger partial charge in [-0.3, -0.25) is 4.79 Å². The molecule has 0 aliphatic carbocycles. The molecule has 3 aromatic rings. The summed E-state index contributed by atoms with van der Waals surface area (Å²) in [7, 11) is 0. The number of hydrogen-bond acceptors (Lipinski definition) is 6. The van der Waals surface area contributed by atoms with Crippen molar-refractivity contribution in [2.75, 3.05) is 5.32 Å². The van der Waals surface area contributed by atoms with Gasteiger partial charge < -0.3 is 20.0 Å². The summed E-state index contributed by atoms with van der Waals surface area (Å²) in [6.07, 6.45) is 2.91. The third kappa shape index (κ3) is 3.03. The maximum atomic E-state index is 13.7. The Labute approximate surface area is 128 Å². The van der Waals surface area contributed by atoms with Crippen LogP contribution >= 0.6 is 0 Å². The third-order valence-electron chi connectivity index (χ3n) is 3.00. The maximum Gasteiger partial charge on any atom is 0.251 e. The summed E-state index contributed by atoms with van der Waals surface area (Å²) in [5, 5.41) is 6.38. The standard InChI is InChI=1S/C14H10F2N4O3/c15-9-4-10(16)11(3-8(9)13(17)21)18-5-12-19-14(20-23-12)7-1-2-22-6-7/h1-4,6,18H,5H2,(H2,17,21). The Morgan fingerprint density at radius 3 is 2.83 bits per heavy atom. The van der Waals surface area contributed by atoms with E-state index >= 15 is 0 Å². The Kier molecular flexibility index (Phi) is 3.75. The molecular formula is C14H10F2N4O3. The van der Waals surface area contributed by atoms with Gasteiger partial charge in [0.05, 0.1) is 29.6 Å². The van der Waals surface area contributed by atoms with Crippen molar-refractivity contribution in [3.05, 3.63) is 53.8 Å². The maximum absolute atomic E-state index is 13.7. The number of nitrogens with two attached hydrogens (primary N) is 1. The molecule has 0 bridgehead atoms. The van der Waals surface area contributed by atoms with Gasteiger partial charge in [-0.25, -0.2) is 8.78 Å². The van der Waals surface area contributed by atoms with Gasteiger partial charge >= 0.3 is 0 Å². The fourth-order valence-corrected chi connectivity index (χ4v) is 1.88. The number of halogens is 2. The minimum atomic E-state index is -1.03. The Bertz CT molecular complexity index is 846. The summed E-state index contributed by atoms with van der Waals surface area (Å²) in [6, 6.07) is 3.22. The van der Waals surface area contributed by atoms with Gasteiger partial charge in [0.15, 0.2) is 0 Å². The molecule has 0 radical (unpaired) electrons. The van der Waals surface area contributed by atoms with Gasteiger partial charge in [-0.15, -0.1) is 0 Å². The number of benzene rings is 1. The van der Waals surface area contributed by atoms with E-state index in [1.807, 2.05) is 0 Å². The zero-order chi connectivity index (χ0) is 16.4. The lowest BCUT2D eigenvalue weighted by molar-refractivity contribution is 0.0996. The number of carbonyl (C=O) groups is 1. The van der Waals surface area contributed by atoms with E-state index in [0.29, 0.717) is 17.5 Å². The molecule has 118 valence electrons. The molecule has 0 saturated heterocycles. The zero-order valence-corrected chi connectivity index (χ0v) is 11.5. The van der Waals surface area contributed by atoms with E-state index in [1.165, 1.54) is 12.5 Å². The summed E-state index contributed by atoms with van der Waals surface area (Å²) in [4.78, 5) is 15.2. The Morgan fingerprint density at radius 1 is 1.30 bits per heavy atom. The highest BCUT2D eigenvalue weighted by atomic mass is 19.1. The van der Waals surface area contributed by atoms with E-state index in [1.54, 1.807) is 6.07 Å². The fraction of sp³-hybridized carbons (Fsp3) is 0.0714. The number of carbonyl (C=O) groups excluding carboxylic acids is 1. The van der Waals surface area contributed by atoms with E-state index in [2.05, 4.69) is 15.5 Å². The number of rotatable bonds is 5. The molecule has 1 amide bonds. The molecule has 2 heterocycles. The number of aromatic nitrogens is 2. The van der Waals surface area contributed by atoms with Crippen molar-refractivity contribution in [2.45, 2.75) is 6.54 Å². The second-order valence-electron chi connectivity index (χ2n) is 4.55. The van der Waals surface area contributed by atoms with Crippen molar-refractivity contribution < 1.29 is 22.5 Å². The van der Waals surface area contributed by atoms with Gasteiger partial charge in [-0.1, -0.05) is 5.16 Å². The van der Waals surface area contributed by atoms with E-state index in [9.17, 15) is 13.6 Å². The average Bonchev–Trinajstić information content (AvgIpc) is 3.17. The molecule has 0 unspecified atom stereocenters. The molecule has 0 saturated carbocycles. The fourth-order valence-electron chi connectivity index (χ4n) is 1.88. The second kappa shape index (κ2) is 5.87. The Balaban J connectivity index is 1.76. The van der Waals surface area contributed by atoms with Gasteiger partial charge in [0.25, 0.3) is 5.91 Å². The average molecular weight is 320 g/mol. The molecule has 1 aromatic carbocycles. The van der Waals surface area contributed by atoms with Gasteiger partial charge in [-0.2, -0.15) is 4.98 Å². The highest BCUT2D eigenvalue weighted by Crippen LogP contribution is 2.21. The van der Waals surface area contributed by atoms with Crippen molar-refractivity contribution in [2.24, 2.45) is 5.73 Å². The molecule has 3 rings (SSSR count). The summed E-state index contributed by atoms with van der Waals surface area (Å²) in [6.45, 7) is -0.0222. The number of furan rings is 1. The lowest BCUT2D eigenvalue weighted by Gasteiger charge is -2.07. The third-order valence-corrected chi connectivity index (χ3v) is 3.00. The van der Waals surface area contributed by atoms with Gasteiger partial charge in [0.2, 0.25) is 11.7 Å². The van der Waals surface area contributed by atoms with Crippen LogP contribution in [0.1, 0.15) is 16.2 Å². The molecule has 3 N–H and O–H groups in total. The highest BCUT2D eigenvalue weighted by Gasteiger charge is 2.15. The molecule has 0 aliphatic heterocycles. The smallest absolute Gasteiger partial charge is 0.251 e. The van der Waals surface area contributed by atoms with Crippen molar-refractivity contribution in [1.29, 1.82) is 0 Å². The lowest BCUT2D eigenvalue weighted by atomic mass is 10.1. The van der Waals surface area contributed by atoms with Crippen molar-refractivity contribution in [3.8, 4) is 11.4 Å². The quantitative estimate of drug-likeness (QED) is 0.747. The van der Waals surface area contributed by atoms with Gasteiger partial charge in [0, 0.05) is 6.07 Å². The molecule has 0 aliphatic rings. The minimum absolute atomic E-state index is 0.0222. The number of nitrogens with zero attached hydrogens (tertiary/aromatic N) is 2. The highest BCUT2D eigenvalue weighted by molar-refractivity contribution is 5.94. The van der Waals surface area contributed by atoms with Crippen LogP contribution in [0, 0.1) is 11.6 Å². The molecule has 0 spiro atoms. The summed E-state index contributed by atoms with van der Waals surface area (Å²) in [5.74, 6) is -2.41. The van der Waals surface area contributed by atoms with Crippen molar-refractivity contribution in [3.63, 3.8) is 0 Å². The van der Waals surface area contributed by atoms with Crippen molar-refractivity contribution in [1.82, 2.24) is 10.1 Å². The Morgan fingerprint density at radius 2 is 2.13 bits per heavy atom. The molecule has 0 atom stereocenters. The van der Waals surface area contributed by atoms with Crippen LogP contribution in [0.3, 0.4) is 0 Å². The molecule has 9 heteroatoms. The number of amides is 1. The molecule has 7 nitrogen and oxygen atoms in total. The summed E-state index contributed by atoms with van der Waals surface area (Å²) in [5.41, 5.74) is 5.12. The first-order valence-electron chi connectivity index (χ1n) is 6.42. The van der Waals surface area contributed by atoms with Crippen molar-refractivity contribution >= 4 is 11.6 Å². The molecule has 2 aromatic heterocycles. The predicted molar refractivity (Wildman–Crippen MR) is 74.2 cm³/mol. The van der Waals surface area contributed by atoms with Crippen LogP contribution in [0.25, 0.3) is 11.4 Å². The van der Waals surface area contributed by atoms with E-state index in [-0.39, 0.29) is 18.1 Å². The van der Waals surface area contributed by atoms with E-state index in [0.717, 1.165) is 6.07 Å². The SMILES string of the molecule is NC(=O)c1cc(NCc2nc(-c3ccoc3)no2)c(F)cc1F. The minimum Gasteiger partial charge on any atom is -0.472 e. The van der Waals surface area contributed by atoms with Crippen LogP contribution in [-0.2, 0) is 6.54 Å². The van der Waals surface area contributed by atoms with Gasteiger partial charge in [-0.05, 0) is 12.1 Å². The first-order valence-corrected chi connectivity index (χ1v) is 6.42. The van der Waals surface area contributed by atoms with Crippen LogP contribution in [0.15, 0.2) is 39.7 Å².